The first-order chi connectivity index (χ1) is 12.4. The summed E-state index contributed by atoms with van der Waals surface area (Å²) in [5, 5.41) is 6.50. The molecule has 25 heavy (non-hydrogen) atoms. The van der Waals surface area contributed by atoms with Crippen LogP contribution in [-0.4, -0.2) is 0 Å². The van der Waals surface area contributed by atoms with E-state index in [1.165, 1.54) is 74.5 Å². The van der Waals surface area contributed by atoms with Gasteiger partial charge in [0.2, 0.25) is 0 Å². The second kappa shape index (κ2) is 10.7. The summed E-state index contributed by atoms with van der Waals surface area (Å²) in [4.78, 5) is 0. The van der Waals surface area contributed by atoms with Crippen molar-refractivity contribution >= 4 is 0 Å². The van der Waals surface area contributed by atoms with E-state index in [0.717, 1.165) is 5.92 Å². The summed E-state index contributed by atoms with van der Waals surface area (Å²) in [5.41, 5.74) is 6.09. The van der Waals surface area contributed by atoms with Crippen molar-refractivity contribution in [2.45, 2.75) is 70.6 Å². The van der Waals surface area contributed by atoms with Crippen LogP contribution in [0.2, 0.25) is 0 Å². The van der Waals surface area contributed by atoms with E-state index >= 15 is 0 Å². The van der Waals surface area contributed by atoms with Gasteiger partial charge in [-0.15, -0.1) is 0 Å². The van der Waals surface area contributed by atoms with Crippen LogP contribution in [-0.2, 0) is 6.42 Å². The van der Waals surface area contributed by atoms with Crippen LogP contribution in [0.5, 0.6) is 0 Å². The third-order valence-corrected chi connectivity index (χ3v) is 5.36. The van der Waals surface area contributed by atoms with E-state index < -0.39 is 0 Å². The van der Waals surface area contributed by atoms with Crippen molar-refractivity contribution in [2.75, 3.05) is 0 Å². The Morgan fingerprint density at radius 2 is 1.48 bits per heavy atom. The molecule has 1 aliphatic carbocycles. The fourth-order valence-electron chi connectivity index (χ4n) is 4.08. The molecule has 132 valence electrons. The van der Waals surface area contributed by atoms with E-state index in [4.69, 9.17) is 5.26 Å². The number of nitrogens with zero attached hydrogens (tertiary/aromatic N) is 1. The van der Waals surface area contributed by atoms with Crippen LogP contribution in [0.15, 0.2) is 48.5 Å². The highest BCUT2D eigenvalue weighted by molar-refractivity contribution is 5.71. The normalized spacial score (nSPS) is 14.5. The Bertz CT molecular complexity index is 650. The van der Waals surface area contributed by atoms with Gasteiger partial charge in [0.05, 0.1) is 0 Å². The molecule has 1 heteroatoms. The topological polar surface area (TPSA) is 23.8 Å². The van der Waals surface area contributed by atoms with E-state index in [0.29, 0.717) is 0 Å². The molecule has 0 radical (unpaired) electrons. The minimum Gasteiger partial charge on any atom is -0.202 e. The number of unbranched alkanes of at least 4 members (excludes halogenated alkanes) is 2. The summed E-state index contributed by atoms with van der Waals surface area (Å²) in [6.45, 7) is 5.78. The zero-order valence-electron chi connectivity index (χ0n) is 15.6. The SMILES string of the molecule is C#N.CCCCCc1ccccc1-c1ccccc1C1CCCCC1. The van der Waals surface area contributed by atoms with Crippen LogP contribution < -0.4 is 0 Å². The lowest BCUT2D eigenvalue weighted by molar-refractivity contribution is 0.444. The fraction of sp³-hybridized carbons (Fsp3) is 0.458. The lowest BCUT2D eigenvalue weighted by Crippen LogP contribution is -2.06. The summed E-state index contributed by atoms with van der Waals surface area (Å²) in [6, 6.07) is 18.3. The average molecular weight is 334 g/mol. The Morgan fingerprint density at radius 1 is 0.840 bits per heavy atom. The van der Waals surface area contributed by atoms with Gasteiger partial charge in [0.1, 0.15) is 0 Å². The minimum atomic E-state index is 0.767. The van der Waals surface area contributed by atoms with Gasteiger partial charge in [0.15, 0.2) is 0 Å². The summed E-state index contributed by atoms with van der Waals surface area (Å²) in [7, 11) is 0. The molecule has 0 heterocycles. The van der Waals surface area contributed by atoms with Crippen molar-refractivity contribution in [3.8, 4) is 17.7 Å². The van der Waals surface area contributed by atoms with Gasteiger partial charge in [-0.25, -0.2) is 5.26 Å². The van der Waals surface area contributed by atoms with Crippen molar-refractivity contribution in [3.05, 3.63) is 59.7 Å². The maximum Gasteiger partial charge on any atom is 0.0462 e. The largest absolute Gasteiger partial charge is 0.202 e. The van der Waals surface area contributed by atoms with Crippen molar-refractivity contribution in [1.82, 2.24) is 0 Å². The molecule has 0 saturated heterocycles. The number of nitriles is 1. The van der Waals surface area contributed by atoms with Crippen LogP contribution >= 0.6 is 0 Å². The summed E-state index contributed by atoms with van der Waals surface area (Å²) in [5.74, 6) is 0.767. The third kappa shape index (κ3) is 5.20. The number of hydrogen-bond donors (Lipinski definition) is 0. The Hall–Kier alpha value is -2.07. The summed E-state index contributed by atoms with van der Waals surface area (Å²) in [6.07, 6.45) is 12.1. The molecule has 1 fully saturated rings. The van der Waals surface area contributed by atoms with E-state index in [9.17, 15) is 0 Å². The monoisotopic (exact) mass is 333 g/mol. The minimum absolute atomic E-state index is 0.767. The molecule has 1 saturated carbocycles. The van der Waals surface area contributed by atoms with E-state index in [1.807, 2.05) is 0 Å². The molecule has 0 amide bonds. The van der Waals surface area contributed by atoms with Crippen LogP contribution in [0, 0.1) is 11.8 Å². The lowest BCUT2D eigenvalue weighted by Gasteiger charge is -2.25. The van der Waals surface area contributed by atoms with Gasteiger partial charge < -0.3 is 0 Å². The van der Waals surface area contributed by atoms with Gasteiger partial charge in [-0.05, 0) is 53.9 Å². The first-order valence-electron chi connectivity index (χ1n) is 9.83. The zero-order valence-corrected chi connectivity index (χ0v) is 15.6. The fourth-order valence-corrected chi connectivity index (χ4v) is 4.08. The molecule has 0 bridgehead atoms. The molecule has 0 atom stereocenters. The molecule has 3 rings (SSSR count). The standard InChI is InChI=1S/C23H30.CHN/c1-2-3-5-12-19-15-8-9-16-21(19)23-18-11-10-17-22(23)20-13-6-4-7-14-20;1-2/h8-11,15-18,20H,2-7,12-14H2,1H3;1H. The number of aryl methyl sites for hydroxylation is 1. The lowest BCUT2D eigenvalue weighted by atomic mass is 9.80. The maximum atomic E-state index is 6.50. The van der Waals surface area contributed by atoms with Crippen LogP contribution in [0.3, 0.4) is 0 Å². The molecular weight excluding hydrogens is 302 g/mol. The second-order valence-corrected chi connectivity index (χ2v) is 7.04. The predicted molar refractivity (Wildman–Crippen MR) is 108 cm³/mol. The Labute approximate surface area is 153 Å². The molecule has 1 aliphatic rings. The van der Waals surface area contributed by atoms with Crippen molar-refractivity contribution in [1.29, 1.82) is 5.26 Å². The van der Waals surface area contributed by atoms with Gasteiger partial charge >= 0.3 is 0 Å². The predicted octanol–water partition coefficient (Wildman–Crippen LogP) is 7.27. The van der Waals surface area contributed by atoms with Crippen LogP contribution in [0.4, 0.5) is 0 Å². The first-order valence-corrected chi connectivity index (χ1v) is 9.83. The molecule has 0 aliphatic heterocycles. The van der Waals surface area contributed by atoms with Gasteiger partial charge in [-0.2, -0.15) is 0 Å². The highest BCUT2D eigenvalue weighted by Gasteiger charge is 2.19. The second-order valence-electron chi connectivity index (χ2n) is 7.04. The number of rotatable bonds is 6. The third-order valence-electron chi connectivity index (χ3n) is 5.36. The smallest absolute Gasteiger partial charge is 0.0462 e. The maximum absolute atomic E-state index is 6.50. The van der Waals surface area contributed by atoms with E-state index in [-0.39, 0.29) is 0 Å². The molecule has 0 N–H and O–H groups in total. The number of benzene rings is 2. The summed E-state index contributed by atoms with van der Waals surface area (Å²) < 4.78 is 0. The average Bonchev–Trinajstić information content (AvgIpc) is 2.71. The van der Waals surface area contributed by atoms with Crippen molar-refractivity contribution < 1.29 is 0 Å². The highest BCUT2D eigenvalue weighted by Crippen LogP contribution is 2.39. The molecule has 0 aromatic heterocycles. The zero-order chi connectivity index (χ0) is 17.9. The van der Waals surface area contributed by atoms with Crippen molar-refractivity contribution in [3.63, 3.8) is 0 Å². The van der Waals surface area contributed by atoms with Crippen molar-refractivity contribution in [2.24, 2.45) is 0 Å². The molecular formula is C24H31N. The van der Waals surface area contributed by atoms with Gasteiger partial charge in [-0.1, -0.05) is 87.6 Å². The van der Waals surface area contributed by atoms with E-state index in [1.54, 1.807) is 5.56 Å². The van der Waals surface area contributed by atoms with E-state index in [2.05, 4.69) is 62.0 Å². The summed E-state index contributed by atoms with van der Waals surface area (Å²) >= 11 is 0. The quantitative estimate of drug-likeness (QED) is 0.510. The molecule has 2 aromatic rings. The molecule has 1 nitrogen and oxygen atoms in total. The Balaban J connectivity index is 0.00000109. The van der Waals surface area contributed by atoms with Gasteiger partial charge in [0.25, 0.3) is 0 Å². The Kier molecular flexibility index (Phi) is 8.26. The molecule has 2 aromatic carbocycles. The Morgan fingerprint density at radius 3 is 2.20 bits per heavy atom. The van der Waals surface area contributed by atoms with Gasteiger partial charge in [-0.3, -0.25) is 0 Å². The molecule has 0 spiro atoms. The van der Waals surface area contributed by atoms with Crippen LogP contribution in [0.25, 0.3) is 11.1 Å². The van der Waals surface area contributed by atoms with Crippen LogP contribution in [0.1, 0.15) is 75.3 Å². The first kappa shape index (κ1) is 19.3. The number of hydrogen-bond acceptors (Lipinski definition) is 1. The van der Waals surface area contributed by atoms with Gasteiger partial charge in [0, 0.05) is 6.57 Å². The molecule has 0 unspecified atom stereocenters. The highest BCUT2D eigenvalue weighted by atomic mass is 14.2.